The van der Waals surface area contributed by atoms with Crippen molar-refractivity contribution in [1.29, 1.82) is 0 Å². The molecule has 2 heterocycles. The van der Waals surface area contributed by atoms with Gasteiger partial charge >= 0.3 is 0 Å². The third-order valence-electron chi connectivity index (χ3n) is 4.40. The third-order valence-corrected chi connectivity index (χ3v) is 4.69. The van der Waals surface area contributed by atoms with Crippen LogP contribution in [0.3, 0.4) is 0 Å². The molecule has 0 aliphatic carbocycles. The van der Waals surface area contributed by atoms with Crippen LogP contribution < -0.4 is 10.6 Å². The smallest absolute Gasteiger partial charge is 0.197 e. The standard InChI is InChI=1S/C18H22ClFN4/c1-4-21-18-22-11(3)14-8-13(10-24(5-2)17(14)23-18)12-6-7-16(20)15(19)9-12/h6-7,9-10,17H,4-5,8H2,1-3H3,(H2,21,22,23). The first-order valence-corrected chi connectivity index (χ1v) is 8.60. The molecule has 0 saturated carbocycles. The van der Waals surface area contributed by atoms with E-state index in [1.807, 2.05) is 6.92 Å². The van der Waals surface area contributed by atoms with Gasteiger partial charge in [-0.2, -0.15) is 0 Å². The number of allylic oxidation sites excluding steroid dienone is 2. The molecule has 0 aromatic heterocycles. The number of nitrogens with one attached hydrogen (secondary N) is 2. The van der Waals surface area contributed by atoms with Crippen molar-refractivity contribution in [3.05, 3.63) is 52.1 Å². The Bertz CT molecular complexity index is 739. The number of likely N-dealkylation sites (N-methyl/N-ethyl adjacent to an activating group) is 1. The van der Waals surface area contributed by atoms with Crippen molar-refractivity contribution < 1.29 is 4.39 Å². The summed E-state index contributed by atoms with van der Waals surface area (Å²) in [7, 11) is 0. The van der Waals surface area contributed by atoms with Crippen LogP contribution in [0.25, 0.3) is 5.57 Å². The largest absolute Gasteiger partial charge is 0.354 e. The molecule has 0 amide bonds. The van der Waals surface area contributed by atoms with Gasteiger partial charge < -0.3 is 15.5 Å². The number of halogens is 2. The van der Waals surface area contributed by atoms with Crippen LogP contribution in [0.5, 0.6) is 0 Å². The van der Waals surface area contributed by atoms with Gasteiger partial charge in [0.1, 0.15) is 12.0 Å². The van der Waals surface area contributed by atoms with Crippen LogP contribution in [-0.4, -0.2) is 30.1 Å². The van der Waals surface area contributed by atoms with Gasteiger partial charge in [0.25, 0.3) is 0 Å². The van der Waals surface area contributed by atoms with E-state index >= 15 is 0 Å². The average Bonchev–Trinajstić information content (AvgIpc) is 2.57. The highest BCUT2D eigenvalue weighted by Gasteiger charge is 2.31. The normalized spacial score (nSPS) is 22.0. The minimum Gasteiger partial charge on any atom is -0.354 e. The Balaban J connectivity index is 1.98. The molecule has 1 aromatic rings. The van der Waals surface area contributed by atoms with E-state index in [2.05, 4.69) is 40.6 Å². The molecule has 128 valence electrons. The molecule has 0 bridgehead atoms. The molecule has 0 spiro atoms. The molecule has 2 aliphatic heterocycles. The van der Waals surface area contributed by atoms with Crippen molar-refractivity contribution in [1.82, 2.24) is 15.5 Å². The Labute approximate surface area is 147 Å². The van der Waals surface area contributed by atoms with E-state index in [0.717, 1.165) is 42.3 Å². The lowest BCUT2D eigenvalue weighted by Crippen LogP contribution is -2.56. The lowest BCUT2D eigenvalue weighted by molar-refractivity contribution is 0.287. The zero-order valence-electron chi connectivity index (χ0n) is 14.2. The van der Waals surface area contributed by atoms with Crippen molar-refractivity contribution in [2.45, 2.75) is 33.4 Å². The molecule has 24 heavy (non-hydrogen) atoms. The zero-order valence-corrected chi connectivity index (χ0v) is 14.9. The van der Waals surface area contributed by atoms with Crippen molar-refractivity contribution in [2.75, 3.05) is 13.1 Å². The zero-order chi connectivity index (χ0) is 17.3. The molecule has 0 radical (unpaired) electrons. The summed E-state index contributed by atoms with van der Waals surface area (Å²) in [5.41, 5.74) is 4.46. The van der Waals surface area contributed by atoms with Crippen molar-refractivity contribution >= 4 is 23.1 Å². The Kier molecular flexibility index (Phi) is 4.81. The number of fused-ring (bicyclic) bond motifs is 1. The van der Waals surface area contributed by atoms with E-state index in [0.29, 0.717) is 0 Å². The number of rotatable bonds is 3. The van der Waals surface area contributed by atoms with Gasteiger partial charge in [-0.3, -0.25) is 4.99 Å². The van der Waals surface area contributed by atoms with Crippen LogP contribution in [0, 0.1) is 5.82 Å². The molecular formula is C18H22ClFN4. The van der Waals surface area contributed by atoms with Gasteiger partial charge in [0.15, 0.2) is 5.96 Å². The van der Waals surface area contributed by atoms with Gasteiger partial charge in [0.2, 0.25) is 0 Å². The maximum atomic E-state index is 13.5. The van der Waals surface area contributed by atoms with E-state index in [9.17, 15) is 4.39 Å². The summed E-state index contributed by atoms with van der Waals surface area (Å²) >= 11 is 5.95. The highest BCUT2D eigenvalue weighted by molar-refractivity contribution is 6.30. The molecule has 1 unspecified atom stereocenters. The molecule has 1 aromatic carbocycles. The fourth-order valence-electron chi connectivity index (χ4n) is 3.14. The number of guanidine groups is 1. The second kappa shape index (κ2) is 6.85. The Morgan fingerprint density at radius 2 is 2.17 bits per heavy atom. The Morgan fingerprint density at radius 1 is 1.38 bits per heavy atom. The summed E-state index contributed by atoms with van der Waals surface area (Å²) in [5, 5.41) is 6.94. The number of hydrogen-bond donors (Lipinski definition) is 2. The van der Waals surface area contributed by atoms with Crippen molar-refractivity contribution in [3.63, 3.8) is 0 Å². The summed E-state index contributed by atoms with van der Waals surface area (Å²) in [6.45, 7) is 7.78. The molecule has 1 atom stereocenters. The van der Waals surface area contributed by atoms with E-state index in [-0.39, 0.29) is 17.0 Å². The van der Waals surface area contributed by atoms with Gasteiger partial charge in [-0.1, -0.05) is 17.7 Å². The molecular weight excluding hydrogens is 327 g/mol. The van der Waals surface area contributed by atoms with Crippen molar-refractivity contribution in [2.24, 2.45) is 4.99 Å². The summed E-state index contributed by atoms with van der Waals surface area (Å²) in [5.74, 6) is 0.419. The molecule has 0 saturated heterocycles. The molecule has 6 heteroatoms. The quantitative estimate of drug-likeness (QED) is 0.874. The van der Waals surface area contributed by atoms with Gasteiger partial charge in [-0.05, 0) is 49.6 Å². The molecule has 2 aliphatic rings. The monoisotopic (exact) mass is 348 g/mol. The van der Waals surface area contributed by atoms with Crippen LogP contribution >= 0.6 is 11.6 Å². The van der Waals surface area contributed by atoms with E-state index in [1.54, 1.807) is 12.1 Å². The van der Waals surface area contributed by atoms with Crippen LogP contribution in [0.1, 0.15) is 32.8 Å². The van der Waals surface area contributed by atoms with Gasteiger partial charge in [-0.15, -0.1) is 0 Å². The minimum absolute atomic E-state index is 0.0984. The van der Waals surface area contributed by atoms with Crippen molar-refractivity contribution in [3.8, 4) is 0 Å². The van der Waals surface area contributed by atoms with Crippen LogP contribution in [0.2, 0.25) is 5.02 Å². The predicted octanol–water partition coefficient (Wildman–Crippen LogP) is 3.71. The minimum atomic E-state index is -0.390. The van der Waals surface area contributed by atoms with E-state index < -0.39 is 0 Å². The lowest BCUT2D eigenvalue weighted by atomic mass is 9.91. The average molecular weight is 349 g/mol. The van der Waals surface area contributed by atoms with Crippen LogP contribution in [0.4, 0.5) is 4.39 Å². The highest BCUT2D eigenvalue weighted by Crippen LogP contribution is 2.34. The first kappa shape index (κ1) is 16.8. The number of nitrogens with zero attached hydrogens (tertiary/aromatic N) is 2. The summed E-state index contributed by atoms with van der Waals surface area (Å²) in [6.07, 6.45) is 3.02. The number of hydrogen-bond acceptors (Lipinski definition) is 2. The van der Waals surface area contributed by atoms with E-state index in [4.69, 9.17) is 11.6 Å². The first-order valence-electron chi connectivity index (χ1n) is 8.23. The van der Waals surface area contributed by atoms with Gasteiger partial charge in [-0.25, -0.2) is 4.39 Å². The molecule has 4 nitrogen and oxygen atoms in total. The fourth-order valence-corrected chi connectivity index (χ4v) is 3.32. The Hall–Kier alpha value is -2.01. The predicted molar refractivity (Wildman–Crippen MR) is 97.1 cm³/mol. The topological polar surface area (TPSA) is 39.7 Å². The summed E-state index contributed by atoms with van der Waals surface area (Å²) in [4.78, 5) is 6.68. The highest BCUT2D eigenvalue weighted by atomic mass is 35.5. The second-order valence-corrected chi connectivity index (χ2v) is 6.34. The lowest BCUT2D eigenvalue weighted by Gasteiger charge is -2.41. The van der Waals surface area contributed by atoms with Crippen LogP contribution in [-0.2, 0) is 0 Å². The first-order chi connectivity index (χ1) is 11.5. The van der Waals surface area contributed by atoms with Gasteiger partial charge in [0, 0.05) is 31.4 Å². The Morgan fingerprint density at radius 3 is 2.83 bits per heavy atom. The fraction of sp³-hybridized carbons (Fsp3) is 0.389. The van der Waals surface area contributed by atoms with E-state index in [1.165, 1.54) is 11.6 Å². The molecule has 2 N–H and O–H groups in total. The van der Waals surface area contributed by atoms with Crippen LogP contribution in [0.15, 0.2) is 40.7 Å². The third kappa shape index (κ3) is 3.13. The molecule has 3 rings (SSSR count). The van der Waals surface area contributed by atoms with Gasteiger partial charge in [0.05, 0.1) is 5.02 Å². The summed E-state index contributed by atoms with van der Waals surface area (Å²) < 4.78 is 13.5. The number of aliphatic imine (C=N–C) groups is 1. The summed E-state index contributed by atoms with van der Waals surface area (Å²) in [6, 6.07) is 4.90. The number of benzene rings is 1. The molecule has 0 fully saturated rings. The SMILES string of the molecule is CCN=C1NC(C)=C2CC(c3ccc(F)c(Cl)c3)=CN(CC)C2N1. The maximum absolute atomic E-state index is 13.5. The second-order valence-electron chi connectivity index (χ2n) is 5.94. The maximum Gasteiger partial charge on any atom is 0.197 e.